The Balaban J connectivity index is 3.97. The number of unbranched alkanes of at least 4 members (excludes halogenated alkanes) is 53. The average molecular weight is 1200 g/mol. The fraction of sp³-hybridized carbons (Fsp3) is 0.907. The Labute approximate surface area is 525 Å². The zero-order valence-electron chi connectivity index (χ0n) is 57.2. The molecule has 3 unspecified atom stereocenters. The van der Waals surface area contributed by atoms with Gasteiger partial charge in [0.1, 0.15) is 13.2 Å². The summed E-state index contributed by atoms with van der Waals surface area (Å²) in [5, 5.41) is 14.0. The van der Waals surface area contributed by atoms with Gasteiger partial charge in [0.25, 0.3) is 0 Å². The largest absolute Gasteiger partial charge is 0.472 e. The molecule has 0 aliphatic rings. The molecule has 0 aliphatic heterocycles. The van der Waals surface area contributed by atoms with Crippen LogP contribution < -0.4 is 5.32 Å². The Morgan fingerprint density at radius 2 is 0.655 bits per heavy atom. The van der Waals surface area contributed by atoms with Crippen molar-refractivity contribution in [1.82, 2.24) is 5.32 Å². The van der Waals surface area contributed by atoms with Gasteiger partial charge in [-0.3, -0.25) is 13.8 Å². The molecule has 0 saturated carbocycles. The monoisotopic (exact) mass is 1200 g/mol. The first-order valence-corrected chi connectivity index (χ1v) is 38.9. The first-order valence-electron chi connectivity index (χ1n) is 37.4. The van der Waals surface area contributed by atoms with E-state index in [0.717, 1.165) is 44.9 Å². The van der Waals surface area contributed by atoms with Gasteiger partial charge in [-0.2, -0.15) is 0 Å². The summed E-state index contributed by atoms with van der Waals surface area (Å²) in [7, 11) is 1.56. The number of likely N-dealkylation sites (N-methyl/N-ethyl adjacent to an activating group) is 1. The quantitative estimate of drug-likeness (QED) is 0.0243. The maximum Gasteiger partial charge on any atom is 0.472 e. The van der Waals surface area contributed by atoms with Gasteiger partial charge in [0, 0.05) is 6.42 Å². The first-order chi connectivity index (χ1) is 41.0. The Morgan fingerprint density at radius 1 is 0.393 bits per heavy atom. The predicted octanol–water partition coefficient (Wildman–Crippen LogP) is 24.0. The average Bonchev–Trinajstić information content (AvgIpc) is 3.56. The van der Waals surface area contributed by atoms with Crippen molar-refractivity contribution in [2.75, 3.05) is 40.9 Å². The molecule has 0 bridgehead atoms. The van der Waals surface area contributed by atoms with E-state index >= 15 is 0 Å². The van der Waals surface area contributed by atoms with Crippen molar-refractivity contribution in [3.05, 3.63) is 36.5 Å². The van der Waals surface area contributed by atoms with E-state index in [4.69, 9.17) is 9.05 Å². The highest BCUT2D eigenvalue weighted by molar-refractivity contribution is 7.47. The number of hydrogen-bond donors (Lipinski definition) is 3. The lowest BCUT2D eigenvalue weighted by Gasteiger charge is -2.25. The van der Waals surface area contributed by atoms with Gasteiger partial charge in [0.05, 0.1) is 39.9 Å². The van der Waals surface area contributed by atoms with Gasteiger partial charge in [-0.05, 0) is 44.9 Å². The molecule has 0 aliphatic carbocycles. The molecule has 84 heavy (non-hydrogen) atoms. The van der Waals surface area contributed by atoms with E-state index in [1.807, 2.05) is 27.2 Å². The number of aliphatic hydroxyl groups excluding tert-OH is 1. The highest BCUT2D eigenvalue weighted by atomic mass is 31.2. The van der Waals surface area contributed by atoms with Crippen LogP contribution in [0.15, 0.2) is 36.5 Å². The van der Waals surface area contributed by atoms with Crippen LogP contribution in [0.5, 0.6) is 0 Å². The fourth-order valence-corrected chi connectivity index (χ4v) is 12.3. The number of rotatable bonds is 70. The van der Waals surface area contributed by atoms with E-state index in [-0.39, 0.29) is 19.1 Å². The molecule has 0 aromatic rings. The van der Waals surface area contributed by atoms with Crippen molar-refractivity contribution in [3.8, 4) is 0 Å². The topological polar surface area (TPSA) is 105 Å². The summed E-state index contributed by atoms with van der Waals surface area (Å²) in [6.07, 6.45) is 89.1. The second kappa shape index (κ2) is 66.1. The number of nitrogens with one attached hydrogen (secondary N) is 1. The summed E-state index contributed by atoms with van der Waals surface area (Å²) in [6.45, 7) is 4.85. The number of amides is 1. The molecule has 3 N–H and O–H groups in total. The minimum Gasteiger partial charge on any atom is -0.387 e. The zero-order chi connectivity index (χ0) is 61.2. The number of allylic oxidation sites excluding steroid dienone is 5. The van der Waals surface area contributed by atoms with Crippen molar-refractivity contribution in [2.24, 2.45) is 0 Å². The summed E-state index contributed by atoms with van der Waals surface area (Å²) in [4.78, 5) is 23.4. The lowest BCUT2D eigenvalue weighted by molar-refractivity contribution is -0.870. The molecule has 0 fully saturated rings. The molecule has 0 saturated heterocycles. The Morgan fingerprint density at radius 3 is 0.952 bits per heavy atom. The molecular weight excluding hydrogens is 1060 g/mol. The van der Waals surface area contributed by atoms with Gasteiger partial charge in [-0.1, -0.05) is 371 Å². The third-order valence-corrected chi connectivity index (χ3v) is 18.3. The summed E-state index contributed by atoms with van der Waals surface area (Å²) < 4.78 is 23.8. The minimum absolute atomic E-state index is 0.0554. The lowest BCUT2D eigenvalue weighted by Crippen LogP contribution is -2.45. The number of aliphatic hydroxyl groups is 1. The summed E-state index contributed by atoms with van der Waals surface area (Å²) in [6, 6.07) is -0.870. The van der Waals surface area contributed by atoms with E-state index in [2.05, 4.69) is 43.5 Å². The molecule has 498 valence electrons. The highest BCUT2D eigenvalue weighted by Crippen LogP contribution is 2.43. The number of carbonyl (C=O) groups excluding carboxylic acids is 1. The van der Waals surface area contributed by atoms with Crippen LogP contribution in [0.25, 0.3) is 0 Å². The molecule has 0 aromatic heterocycles. The lowest BCUT2D eigenvalue weighted by atomic mass is 10.0. The smallest absolute Gasteiger partial charge is 0.387 e. The van der Waals surface area contributed by atoms with E-state index in [1.54, 1.807) is 6.08 Å². The van der Waals surface area contributed by atoms with Crippen LogP contribution in [0.2, 0.25) is 0 Å². The van der Waals surface area contributed by atoms with Gasteiger partial charge in [-0.25, -0.2) is 4.57 Å². The van der Waals surface area contributed by atoms with Crippen molar-refractivity contribution >= 4 is 13.7 Å². The first kappa shape index (κ1) is 82.7. The van der Waals surface area contributed by atoms with Crippen molar-refractivity contribution in [3.63, 3.8) is 0 Å². The van der Waals surface area contributed by atoms with Crippen LogP contribution >= 0.6 is 7.82 Å². The fourth-order valence-electron chi connectivity index (χ4n) is 11.6. The SMILES string of the molecule is CCCCCCCCCCCCCCCC/C=C/CC/C=C/CC/C=C/C(O)C(COP(=O)(O)OCC[N+](C)(C)C)NC(=O)CCCCCCCCCCCCCCCCCCCCCCCCCCCCCCCCCCCCCCCC. The maximum atomic E-state index is 13.1. The zero-order valence-corrected chi connectivity index (χ0v) is 58.1. The number of quaternary nitrogens is 1. The van der Waals surface area contributed by atoms with E-state index in [0.29, 0.717) is 17.4 Å². The molecule has 8 nitrogen and oxygen atoms in total. The molecule has 0 heterocycles. The standard InChI is InChI=1S/C75H147N2O6P/c1-6-8-10-12-14-16-18-20-22-24-26-28-30-32-33-34-35-36-37-38-39-40-41-42-43-44-45-47-49-51-53-55-57-59-61-63-65-67-69-75(79)76-73(72-83-84(80,81)82-71-70-77(3,4)5)74(78)68-66-64-62-60-58-56-54-52-50-48-46-31-29-27-25-23-21-19-17-15-13-11-9-7-2/h50,52,58,60,66,68,73-74,78H,6-49,51,53-57,59,61-65,67,69-72H2,1-5H3,(H-,76,79,80,81)/p+1/b52-50+,60-58+,68-66+. The van der Waals surface area contributed by atoms with E-state index < -0.39 is 20.0 Å². The molecule has 0 spiro atoms. The van der Waals surface area contributed by atoms with Gasteiger partial charge in [0.15, 0.2) is 0 Å². The molecular formula is C75H148N2O6P+. The number of nitrogens with zero attached hydrogens (tertiary/aromatic N) is 1. The Kier molecular flexibility index (Phi) is 65.1. The number of carbonyl (C=O) groups is 1. The second-order valence-corrected chi connectivity index (χ2v) is 28.5. The highest BCUT2D eigenvalue weighted by Gasteiger charge is 2.28. The van der Waals surface area contributed by atoms with Crippen LogP contribution in [-0.4, -0.2) is 73.4 Å². The van der Waals surface area contributed by atoms with Crippen molar-refractivity contribution < 1.29 is 32.9 Å². The minimum atomic E-state index is -4.36. The van der Waals surface area contributed by atoms with E-state index in [1.165, 1.54) is 321 Å². The number of phosphoric ester groups is 1. The summed E-state index contributed by atoms with van der Waals surface area (Å²) in [5.41, 5.74) is 0. The van der Waals surface area contributed by atoms with Gasteiger partial charge < -0.3 is 19.8 Å². The van der Waals surface area contributed by atoms with Crippen LogP contribution in [-0.2, 0) is 18.4 Å². The third kappa shape index (κ3) is 68.2. The van der Waals surface area contributed by atoms with Gasteiger partial charge >= 0.3 is 7.82 Å². The third-order valence-electron chi connectivity index (χ3n) is 17.3. The van der Waals surface area contributed by atoms with Crippen molar-refractivity contribution in [1.29, 1.82) is 0 Å². The molecule has 1 amide bonds. The van der Waals surface area contributed by atoms with Crippen LogP contribution in [0, 0.1) is 0 Å². The summed E-state index contributed by atoms with van der Waals surface area (Å²) in [5.74, 6) is -0.183. The molecule has 0 aromatic carbocycles. The number of phosphoric acid groups is 1. The second-order valence-electron chi connectivity index (χ2n) is 27.0. The van der Waals surface area contributed by atoms with Gasteiger partial charge in [-0.15, -0.1) is 0 Å². The van der Waals surface area contributed by atoms with Crippen LogP contribution in [0.3, 0.4) is 0 Å². The maximum absolute atomic E-state index is 13.1. The van der Waals surface area contributed by atoms with Crippen molar-refractivity contribution in [2.45, 2.75) is 398 Å². The molecule has 3 atom stereocenters. The Hall–Kier alpha value is -1.28. The predicted molar refractivity (Wildman–Crippen MR) is 369 cm³/mol. The summed E-state index contributed by atoms with van der Waals surface area (Å²) >= 11 is 0. The molecule has 9 heteroatoms. The normalized spacial score (nSPS) is 13.8. The molecule has 0 rings (SSSR count). The van der Waals surface area contributed by atoms with Crippen LogP contribution in [0.1, 0.15) is 386 Å². The van der Waals surface area contributed by atoms with Crippen LogP contribution in [0.4, 0.5) is 0 Å². The number of hydrogen-bond acceptors (Lipinski definition) is 5. The van der Waals surface area contributed by atoms with E-state index in [9.17, 15) is 19.4 Å². The Bertz CT molecular complexity index is 1460. The van der Waals surface area contributed by atoms with Gasteiger partial charge in [0.2, 0.25) is 5.91 Å². The molecule has 0 radical (unpaired) electrons.